The van der Waals surface area contributed by atoms with Crippen LogP contribution in [0.1, 0.15) is 63.8 Å². The lowest BCUT2D eigenvalue weighted by molar-refractivity contribution is 0.445. The molecule has 0 aliphatic heterocycles. The molecule has 34 heavy (non-hydrogen) atoms. The van der Waals surface area contributed by atoms with Gasteiger partial charge in [0.15, 0.2) is 0 Å². The molecule has 0 aliphatic rings. The van der Waals surface area contributed by atoms with Gasteiger partial charge in [-0.2, -0.15) is 0 Å². The van der Waals surface area contributed by atoms with Crippen LogP contribution in [0.3, 0.4) is 0 Å². The number of aromatic hydroxyl groups is 2. The van der Waals surface area contributed by atoms with Crippen molar-refractivity contribution in [1.82, 2.24) is 0 Å². The summed E-state index contributed by atoms with van der Waals surface area (Å²) in [6.07, 6.45) is 3.34. The standard InChI is InChI=1S/C28H30Br2N2O2/c1-27(2,3)23-13-19(29)11-17(25(23)33)15-31-21-7-9-22(10-8-21)32-16-18-12-20(30)14-24(26(18)34)28(4,5)6/h7-16,33-34H,1-6H3. The molecule has 3 rings (SSSR count). The highest BCUT2D eigenvalue weighted by atomic mass is 79.9. The number of hydrogen-bond acceptors (Lipinski definition) is 4. The molecule has 0 unspecified atom stereocenters. The fourth-order valence-corrected chi connectivity index (χ4v) is 4.44. The van der Waals surface area contributed by atoms with Crippen LogP contribution < -0.4 is 0 Å². The monoisotopic (exact) mass is 584 g/mol. The average molecular weight is 586 g/mol. The fourth-order valence-electron chi connectivity index (χ4n) is 3.49. The predicted octanol–water partition coefficient (Wildman–Crippen LogP) is 8.72. The first-order chi connectivity index (χ1) is 15.8. The Kier molecular flexibility index (Phi) is 7.73. The number of phenolic OH excluding ortho intramolecular Hbond substituents is 2. The van der Waals surface area contributed by atoms with Gasteiger partial charge in [0.2, 0.25) is 0 Å². The molecule has 0 aromatic heterocycles. The van der Waals surface area contributed by atoms with Crippen molar-refractivity contribution in [2.75, 3.05) is 0 Å². The molecule has 2 N–H and O–H groups in total. The first-order valence-corrected chi connectivity index (χ1v) is 12.6. The van der Waals surface area contributed by atoms with E-state index in [4.69, 9.17) is 0 Å². The quantitative estimate of drug-likeness (QED) is 0.301. The summed E-state index contributed by atoms with van der Waals surface area (Å²) in [6.45, 7) is 12.4. The molecule has 0 heterocycles. The number of halogens is 2. The van der Waals surface area contributed by atoms with Gasteiger partial charge in [0.1, 0.15) is 11.5 Å². The highest BCUT2D eigenvalue weighted by molar-refractivity contribution is 9.10. The van der Waals surface area contributed by atoms with Crippen molar-refractivity contribution in [2.24, 2.45) is 9.98 Å². The highest BCUT2D eigenvalue weighted by Gasteiger charge is 2.21. The van der Waals surface area contributed by atoms with Crippen LogP contribution in [0.25, 0.3) is 0 Å². The average Bonchev–Trinajstić information content (AvgIpc) is 2.73. The van der Waals surface area contributed by atoms with Gasteiger partial charge in [0, 0.05) is 43.6 Å². The largest absolute Gasteiger partial charge is 0.507 e. The Balaban J connectivity index is 1.83. The number of aliphatic imine (C=N–C) groups is 2. The zero-order chi connectivity index (χ0) is 25.3. The van der Waals surface area contributed by atoms with E-state index in [1.165, 1.54) is 0 Å². The summed E-state index contributed by atoms with van der Waals surface area (Å²) in [5.41, 5.74) is 4.14. The second-order valence-electron chi connectivity index (χ2n) is 10.3. The van der Waals surface area contributed by atoms with E-state index >= 15 is 0 Å². The van der Waals surface area contributed by atoms with E-state index in [2.05, 4.69) is 83.4 Å². The third-order valence-corrected chi connectivity index (χ3v) is 6.30. The third-order valence-electron chi connectivity index (χ3n) is 5.38. The Morgan fingerprint density at radius 2 is 0.941 bits per heavy atom. The second-order valence-corrected chi connectivity index (χ2v) is 12.1. The molecule has 0 saturated heterocycles. The molecule has 0 aliphatic carbocycles. The molecule has 0 spiro atoms. The molecule has 0 fully saturated rings. The van der Waals surface area contributed by atoms with Gasteiger partial charge in [-0.1, -0.05) is 73.4 Å². The van der Waals surface area contributed by atoms with Crippen molar-refractivity contribution in [3.63, 3.8) is 0 Å². The van der Waals surface area contributed by atoms with Gasteiger partial charge in [0.05, 0.1) is 11.4 Å². The Morgan fingerprint density at radius 3 is 1.24 bits per heavy atom. The predicted molar refractivity (Wildman–Crippen MR) is 150 cm³/mol. The van der Waals surface area contributed by atoms with E-state index in [0.717, 1.165) is 31.4 Å². The summed E-state index contributed by atoms with van der Waals surface area (Å²) in [7, 11) is 0. The van der Waals surface area contributed by atoms with Crippen molar-refractivity contribution in [2.45, 2.75) is 52.4 Å². The summed E-state index contributed by atoms with van der Waals surface area (Å²) < 4.78 is 1.79. The molecular formula is C28H30Br2N2O2. The lowest BCUT2D eigenvalue weighted by atomic mass is 9.85. The van der Waals surface area contributed by atoms with Crippen LogP contribution in [0.4, 0.5) is 11.4 Å². The summed E-state index contributed by atoms with van der Waals surface area (Å²) in [5, 5.41) is 21.4. The topological polar surface area (TPSA) is 65.2 Å². The van der Waals surface area contributed by atoms with E-state index in [9.17, 15) is 10.2 Å². The molecule has 3 aromatic rings. The highest BCUT2D eigenvalue weighted by Crippen LogP contribution is 2.37. The van der Waals surface area contributed by atoms with Crippen molar-refractivity contribution in [3.8, 4) is 11.5 Å². The van der Waals surface area contributed by atoms with Gasteiger partial charge in [-0.05, 0) is 59.4 Å². The number of hydrogen-bond donors (Lipinski definition) is 2. The summed E-state index contributed by atoms with van der Waals surface area (Å²) in [5.74, 6) is 0.480. The smallest absolute Gasteiger partial charge is 0.128 e. The fraction of sp³-hybridized carbons (Fsp3) is 0.286. The summed E-state index contributed by atoms with van der Waals surface area (Å²) >= 11 is 7.05. The Bertz CT molecular complexity index is 1150. The first-order valence-electron chi connectivity index (χ1n) is 11.0. The van der Waals surface area contributed by atoms with E-state index in [0.29, 0.717) is 11.1 Å². The maximum absolute atomic E-state index is 10.7. The second kappa shape index (κ2) is 10.0. The Labute approximate surface area is 218 Å². The zero-order valence-electron chi connectivity index (χ0n) is 20.3. The number of benzene rings is 3. The van der Waals surface area contributed by atoms with Gasteiger partial charge in [-0.15, -0.1) is 0 Å². The van der Waals surface area contributed by atoms with E-state index < -0.39 is 0 Å². The molecule has 0 atom stereocenters. The number of phenols is 2. The van der Waals surface area contributed by atoms with Gasteiger partial charge < -0.3 is 10.2 Å². The molecule has 178 valence electrons. The molecule has 0 bridgehead atoms. The number of nitrogens with zero attached hydrogens (tertiary/aromatic N) is 2. The van der Waals surface area contributed by atoms with E-state index in [1.807, 2.05) is 48.5 Å². The van der Waals surface area contributed by atoms with Crippen LogP contribution in [0.15, 0.2) is 67.5 Å². The minimum absolute atomic E-state index is 0.188. The van der Waals surface area contributed by atoms with Crippen LogP contribution in [0.5, 0.6) is 11.5 Å². The van der Waals surface area contributed by atoms with Crippen molar-refractivity contribution >= 4 is 55.7 Å². The maximum Gasteiger partial charge on any atom is 0.128 e. The van der Waals surface area contributed by atoms with Crippen LogP contribution in [0, 0.1) is 0 Å². The SMILES string of the molecule is CC(C)(C)c1cc(Br)cc(C=Nc2ccc(N=Cc3cc(Br)cc(C(C)(C)C)c3O)cc2)c1O. The van der Waals surface area contributed by atoms with Gasteiger partial charge in [-0.25, -0.2) is 0 Å². The Hall–Kier alpha value is -2.44. The lowest BCUT2D eigenvalue weighted by Crippen LogP contribution is -2.12. The van der Waals surface area contributed by atoms with Crippen LogP contribution in [-0.4, -0.2) is 22.6 Å². The lowest BCUT2D eigenvalue weighted by Gasteiger charge is -2.21. The summed E-state index contributed by atoms with van der Waals surface area (Å²) in [4.78, 5) is 9.04. The van der Waals surface area contributed by atoms with Gasteiger partial charge in [0.25, 0.3) is 0 Å². The Morgan fingerprint density at radius 1 is 0.618 bits per heavy atom. The van der Waals surface area contributed by atoms with Crippen molar-refractivity contribution < 1.29 is 10.2 Å². The third kappa shape index (κ3) is 6.36. The van der Waals surface area contributed by atoms with Gasteiger partial charge in [-0.3, -0.25) is 9.98 Å². The molecular weight excluding hydrogens is 556 g/mol. The first kappa shape index (κ1) is 26.2. The van der Waals surface area contributed by atoms with Crippen molar-refractivity contribution in [1.29, 1.82) is 0 Å². The van der Waals surface area contributed by atoms with Crippen LogP contribution in [-0.2, 0) is 10.8 Å². The van der Waals surface area contributed by atoms with Crippen LogP contribution >= 0.6 is 31.9 Å². The minimum atomic E-state index is -0.188. The molecule has 0 amide bonds. The molecule has 3 aromatic carbocycles. The van der Waals surface area contributed by atoms with Crippen molar-refractivity contribution in [3.05, 3.63) is 79.7 Å². The van der Waals surface area contributed by atoms with E-state index in [1.54, 1.807) is 12.4 Å². The molecule has 4 nitrogen and oxygen atoms in total. The van der Waals surface area contributed by atoms with E-state index in [-0.39, 0.29) is 22.3 Å². The summed E-state index contributed by atoms with van der Waals surface area (Å²) in [6, 6.07) is 15.0. The zero-order valence-corrected chi connectivity index (χ0v) is 23.5. The minimum Gasteiger partial charge on any atom is -0.507 e. The molecule has 6 heteroatoms. The van der Waals surface area contributed by atoms with Gasteiger partial charge >= 0.3 is 0 Å². The molecule has 0 saturated carbocycles. The normalized spacial score (nSPS) is 12.7. The maximum atomic E-state index is 10.7. The number of rotatable bonds is 4. The molecule has 0 radical (unpaired) electrons. The van der Waals surface area contributed by atoms with Crippen LogP contribution in [0.2, 0.25) is 0 Å².